The van der Waals surface area contributed by atoms with Crippen LogP contribution in [0.3, 0.4) is 0 Å². The molecule has 0 bridgehead atoms. The first-order valence-corrected chi connectivity index (χ1v) is 15.1. The zero-order valence-electron chi connectivity index (χ0n) is 21.1. The van der Waals surface area contributed by atoms with E-state index in [0.717, 1.165) is 79.4 Å². The molecule has 9 nitrogen and oxygen atoms in total. The Morgan fingerprint density at radius 1 is 1.16 bits per heavy atom. The number of nitrogens with zero attached hydrogens (tertiary/aromatic N) is 3. The van der Waals surface area contributed by atoms with Gasteiger partial charge in [-0.3, -0.25) is 23.9 Å². The van der Waals surface area contributed by atoms with E-state index in [4.69, 9.17) is 15.5 Å². The first-order valence-electron chi connectivity index (χ1n) is 12.5. The number of anilines is 1. The topological polar surface area (TPSA) is 120 Å². The van der Waals surface area contributed by atoms with Crippen molar-refractivity contribution in [2.45, 2.75) is 51.2 Å². The molecule has 1 aliphatic heterocycles. The van der Waals surface area contributed by atoms with E-state index in [1.165, 1.54) is 34.4 Å². The minimum atomic E-state index is -0.507. The molecule has 0 aromatic carbocycles. The fourth-order valence-electron chi connectivity index (χ4n) is 4.94. The summed E-state index contributed by atoms with van der Waals surface area (Å²) in [6.45, 7) is 8.64. The number of morpholine rings is 1. The molecule has 0 radical (unpaired) electrons. The van der Waals surface area contributed by atoms with E-state index in [0.29, 0.717) is 32.5 Å². The fraction of sp³-hybridized carbons (Fsp3) is 0.520. The molecule has 3 N–H and O–H groups in total. The van der Waals surface area contributed by atoms with Crippen molar-refractivity contribution in [3.8, 4) is 0 Å². The number of hydrogen-bond donors (Lipinski definition) is 2. The van der Waals surface area contributed by atoms with Gasteiger partial charge < -0.3 is 15.8 Å². The molecule has 0 spiro atoms. The van der Waals surface area contributed by atoms with E-state index in [2.05, 4.69) is 10.2 Å². The van der Waals surface area contributed by atoms with E-state index in [1.807, 2.05) is 13.8 Å². The summed E-state index contributed by atoms with van der Waals surface area (Å²) in [7, 11) is 0. The number of nitrogens with two attached hydrogens (primary N) is 1. The lowest BCUT2D eigenvalue weighted by atomic mass is 10.1. The van der Waals surface area contributed by atoms with Gasteiger partial charge in [-0.05, 0) is 50.7 Å². The van der Waals surface area contributed by atoms with Crippen LogP contribution in [0.4, 0.5) is 5.00 Å². The molecule has 12 heteroatoms. The van der Waals surface area contributed by atoms with E-state index >= 15 is 0 Å². The van der Waals surface area contributed by atoms with E-state index in [1.54, 1.807) is 4.57 Å². The van der Waals surface area contributed by atoms with Crippen LogP contribution in [0.5, 0.6) is 0 Å². The molecule has 1 saturated heterocycles. The SMILES string of the molecule is Cc1sc2nc(SCC(=O)Nc3sc4c(c3C(N)=O)CCC4)n(CCCN3CCOCC3)c(=O)c2c1C. The number of rotatable bonds is 9. The average Bonchev–Trinajstić information content (AvgIpc) is 3.53. The second kappa shape index (κ2) is 11.2. The summed E-state index contributed by atoms with van der Waals surface area (Å²) in [5.41, 5.74) is 7.97. The molecule has 37 heavy (non-hydrogen) atoms. The first kappa shape index (κ1) is 26.4. The standard InChI is InChI=1S/C25H31N5O4S3/c1-14-15(2)36-22-19(14)24(33)30(8-4-7-29-9-11-34-12-10-29)25(28-22)35-13-18(31)27-23-20(21(26)32)16-5-3-6-17(16)37-23/h3-13H2,1-2H3,(H2,26,32)(H,27,31). The van der Waals surface area contributed by atoms with Gasteiger partial charge in [-0.1, -0.05) is 11.8 Å². The number of fused-ring (bicyclic) bond motifs is 2. The van der Waals surface area contributed by atoms with Crippen molar-refractivity contribution in [3.05, 3.63) is 36.8 Å². The fourth-order valence-corrected chi connectivity index (χ4v) is 8.15. The van der Waals surface area contributed by atoms with Crippen molar-refractivity contribution in [2.24, 2.45) is 5.73 Å². The van der Waals surface area contributed by atoms with Gasteiger partial charge >= 0.3 is 0 Å². The molecule has 0 unspecified atom stereocenters. The van der Waals surface area contributed by atoms with Crippen LogP contribution in [0.15, 0.2) is 9.95 Å². The third-order valence-corrected chi connectivity index (χ3v) is 10.3. The first-order chi connectivity index (χ1) is 17.8. The zero-order chi connectivity index (χ0) is 26.1. The van der Waals surface area contributed by atoms with Crippen LogP contribution in [0, 0.1) is 13.8 Å². The lowest BCUT2D eigenvalue weighted by Crippen LogP contribution is -2.37. The molecule has 2 aliphatic rings. The van der Waals surface area contributed by atoms with Gasteiger partial charge in [0.2, 0.25) is 5.91 Å². The van der Waals surface area contributed by atoms with Crippen molar-refractivity contribution in [3.63, 3.8) is 0 Å². The predicted octanol–water partition coefficient (Wildman–Crippen LogP) is 3.18. The van der Waals surface area contributed by atoms with Crippen molar-refractivity contribution in [2.75, 3.05) is 43.9 Å². The van der Waals surface area contributed by atoms with Crippen molar-refractivity contribution in [1.82, 2.24) is 14.5 Å². The highest BCUT2D eigenvalue weighted by Crippen LogP contribution is 2.39. The van der Waals surface area contributed by atoms with Crippen LogP contribution < -0.4 is 16.6 Å². The summed E-state index contributed by atoms with van der Waals surface area (Å²) >= 11 is 4.20. The lowest BCUT2D eigenvalue weighted by molar-refractivity contribution is -0.113. The number of primary amides is 1. The number of thioether (sulfide) groups is 1. The van der Waals surface area contributed by atoms with Crippen molar-refractivity contribution < 1.29 is 14.3 Å². The maximum Gasteiger partial charge on any atom is 0.263 e. The van der Waals surface area contributed by atoms with Crippen LogP contribution in [-0.2, 0) is 28.9 Å². The van der Waals surface area contributed by atoms with Gasteiger partial charge in [0, 0.05) is 35.9 Å². The van der Waals surface area contributed by atoms with Crippen LogP contribution in [-0.4, -0.2) is 64.9 Å². The Kier molecular flexibility index (Phi) is 8.01. The predicted molar refractivity (Wildman–Crippen MR) is 149 cm³/mol. The molecule has 0 atom stereocenters. The Bertz CT molecular complexity index is 1400. The molecule has 5 rings (SSSR count). The number of nitrogens with one attached hydrogen (secondary N) is 1. The molecular weight excluding hydrogens is 531 g/mol. The molecular formula is C25H31N5O4S3. The lowest BCUT2D eigenvalue weighted by Gasteiger charge is -2.26. The third-order valence-electron chi connectivity index (χ3n) is 6.97. The number of thiophene rings is 2. The van der Waals surface area contributed by atoms with Crippen LogP contribution in [0.1, 0.15) is 44.1 Å². The van der Waals surface area contributed by atoms with Crippen LogP contribution in [0.25, 0.3) is 10.2 Å². The van der Waals surface area contributed by atoms with Crippen LogP contribution in [0.2, 0.25) is 0 Å². The molecule has 198 valence electrons. The van der Waals surface area contributed by atoms with Gasteiger partial charge in [-0.2, -0.15) is 0 Å². The number of hydrogen-bond acceptors (Lipinski definition) is 9. The number of aromatic nitrogens is 2. The summed E-state index contributed by atoms with van der Waals surface area (Å²) in [6, 6.07) is 0. The summed E-state index contributed by atoms with van der Waals surface area (Å²) in [5, 5.41) is 4.63. The van der Waals surface area contributed by atoms with Gasteiger partial charge in [0.15, 0.2) is 5.16 Å². The number of carbonyl (C=O) groups is 2. The number of ether oxygens (including phenoxy) is 1. The molecule has 4 heterocycles. The van der Waals surface area contributed by atoms with Gasteiger partial charge in [0.05, 0.1) is 29.9 Å². The molecule has 2 amide bonds. The highest BCUT2D eigenvalue weighted by molar-refractivity contribution is 7.99. The van der Waals surface area contributed by atoms with Gasteiger partial charge in [0.1, 0.15) is 9.83 Å². The van der Waals surface area contributed by atoms with Gasteiger partial charge in [-0.15, -0.1) is 22.7 Å². The summed E-state index contributed by atoms with van der Waals surface area (Å²) in [6.07, 6.45) is 3.53. The largest absolute Gasteiger partial charge is 0.379 e. The highest BCUT2D eigenvalue weighted by Gasteiger charge is 2.26. The number of amides is 2. The second-order valence-electron chi connectivity index (χ2n) is 9.38. The molecule has 1 fully saturated rings. The summed E-state index contributed by atoms with van der Waals surface area (Å²) < 4.78 is 7.15. The van der Waals surface area contributed by atoms with Gasteiger partial charge in [0.25, 0.3) is 11.5 Å². The quantitative estimate of drug-likeness (QED) is 0.304. The maximum absolute atomic E-state index is 13.5. The molecule has 0 saturated carbocycles. The Morgan fingerprint density at radius 2 is 1.95 bits per heavy atom. The smallest absolute Gasteiger partial charge is 0.263 e. The Morgan fingerprint density at radius 3 is 2.70 bits per heavy atom. The summed E-state index contributed by atoms with van der Waals surface area (Å²) in [5.74, 6) is -0.682. The van der Waals surface area contributed by atoms with Crippen molar-refractivity contribution in [1.29, 1.82) is 0 Å². The third kappa shape index (κ3) is 5.49. The van der Waals surface area contributed by atoms with E-state index in [9.17, 15) is 14.4 Å². The number of aryl methyl sites for hydroxylation is 3. The Labute approximate surface area is 227 Å². The average molecular weight is 562 g/mol. The monoisotopic (exact) mass is 561 g/mol. The molecule has 1 aliphatic carbocycles. The van der Waals surface area contributed by atoms with Crippen LogP contribution >= 0.6 is 34.4 Å². The molecule has 3 aromatic rings. The zero-order valence-corrected chi connectivity index (χ0v) is 23.5. The van der Waals surface area contributed by atoms with Gasteiger partial charge in [-0.25, -0.2) is 4.98 Å². The highest BCUT2D eigenvalue weighted by atomic mass is 32.2. The van der Waals surface area contributed by atoms with Crippen molar-refractivity contribution >= 4 is 61.5 Å². The Balaban J connectivity index is 1.33. The summed E-state index contributed by atoms with van der Waals surface area (Å²) in [4.78, 5) is 48.6. The minimum absolute atomic E-state index is 0.0533. The van der Waals surface area contributed by atoms with E-state index < -0.39 is 5.91 Å². The Hall–Kier alpha value is -2.25. The molecule has 3 aromatic heterocycles. The van der Waals surface area contributed by atoms with E-state index in [-0.39, 0.29) is 17.2 Å². The second-order valence-corrected chi connectivity index (χ2v) is 12.6. The number of carbonyl (C=O) groups excluding carboxylic acids is 2. The minimum Gasteiger partial charge on any atom is -0.379 e. The maximum atomic E-state index is 13.5. The normalized spacial score (nSPS) is 15.8.